The van der Waals surface area contributed by atoms with Crippen LogP contribution < -0.4 is 14.2 Å². The highest BCUT2D eigenvalue weighted by Crippen LogP contribution is 2.37. The lowest BCUT2D eigenvalue weighted by atomic mass is 9.97. The molecule has 44 heavy (non-hydrogen) atoms. The summed E-state index contributed by atoms with van der Waals surface area (Å²) < 4.78 is 36.8. The SMILES string of the molecule is COc1ccc(C(=O)N(CCN2CCOCC2)CC(=O)N2N=C(c3ccc(OC)cc3OC)C[C@H]2c2ccccc2F)cc1. The summed E-state index contributed by atoms with van der Waals surface area (Å²) in [5, 5.41) is 6.02. The lowest BCUT2D eigenvalue weighted by Gasteiger charge is -2.31. The van der Waals surface area contributed by atoms with Crippen LogP contribution in [-0.2, 0) is 9.53 Å². The molecule has 2 aliphatic rings. The van der Waals surface area contributed by atoms with Gasteiger partial charge < -0.3 is 23.8 Å². The van der Waals surface area contributed by atoms with E-state index in [9.17, 15) is 9.59 Å². The van der Waals surface area contributed by atoms with Crippen LogP contribution in [0.25, 0.3) is 0 Å². The predicted octanol–water partition coefficient (Wildman–Crippen LogP) is 4.00. The number of ether oxygens (including phenoxy) is 4. The zero-order chi connectivity index (χ0) is 31.1. The molecule has 0 N–H and O–H groups in total. The molecule has 3 aromatic rings. The summed E-state index contributed by atoms with van der Waals surface area (Å²) in [5.41, 5.74) is 2.00. The van der Waals surface area contributed by atoms with E-state index < -0.39 is 17.8 Å². The molecule has 0 aromatic heterocycles. The van der Waals surface area contributed by atoms with Crippen LogP contribution in [0.4, 0.5) is 4.39 Å². The molecule has 2 aliphatic heterocycles. The highest BCUT2D eigenvalue weighted by molar-refractivity contribution is 6.05. The maximum Gasteiger partial charge on any atom is 0.262 e. The van der Waals surface area contributed by atoms with Crippen LogP contribution in [0.5, 0.6) is 17.2 Å². The van der Waals surface area contributed by atoms with Gasteiger partial charge in [-0.2, -0.15) is 5.10 Å². The zero-order valence-electron chi connectivity index (χ0n) is 25.2. The molecule has 2 amide bonds. The van der Waals surface area contributed by atoms with Gasteiger partial charge >= 0.3 is 0 Å². The van der Waals surface area contributed by atoms with Crippen molar-refractivity contribution in [2.45, 2.75) is 12.5 Å². The third-order valence-corrected chi connectivity index (χ3v) is 7.89. The van der Waals surface area contributed by atoms with Crippen molar-refractivity contribution >= 4 is 17.5 Å². The minimum atomic E-state index is -0.706. The van der Waals surface area contributed by atoms with Crippen molar-refractivity contribution in [2.24, 2.45) is 5.10 Å². The second-order valence-corrected chi connectivity index (χ2v) is 10.5. The van der Waals surface area contributed by atoms with Crippen LogP contribution in [0.3, 0.4) is 0 Å². The van der Waals surface area contributed by atoms with Gasteiger partial charge in [-0.05, 0) is 42.5 Å². The summed E-state index contributed by atoms with van der Waals surface area (Å²) in [6.45, 7) is 3.39. The summed E-state index contributed by atoms with van der Waals surface area (Å²) in [6.07, 6.45) is 0.259. The van der Waals surface area contributed by atoms with E-state index in [1.165, 1.54) is 16.0 Å². The number of morpholine rings is 1. The summed E-state index contributed by atoms with van der Waals surface area (Å²) in [5.74, 6) is 0.591. The summed E-state index contributed by atoms with van der Waals surface area (Å²) in [7, 11) is 4.67. The Kier molecular flexibility index (Phi) is 10.1. The molecule has 10 nitrogen and oxygen atoms in total. The number of hydrogen-bond acceptors (Lipinski definition) is 8. The Balaban J connectivity index is 1.45. The van der Waals surface area contributed by atoms with Crippen LogP contribution in [0.2, 0.25) is 0 Å². The van der Waals surface area contributed by atoms with Crippen molar-refractivity contribution in [3.05, 3.63) is 89.2 Å². The number of hydrogen-bond donors (Lipinski definition) is 0. The van der Waals surface area contributed by atoms with Gasteiger partial charge in [0, 0.05) is 55.4 Å². The number of nitrogens with zero attached hydrogens (tertiary/aromatic N) is 4. The van der Waals surface area contributed by atoms with Gasteiger partial charge in [-0.25, -0.2) is 9.40 Å². The van der Waals surface area contributed by atoms with Gasteiger partial charge in [0.05, 0.1) is 46.3 Å². The fraction of sp³-hybridized carbons (Fsp3) is 0.364. The van der Waals surface area contributed by atoms with Gasteiger partial charge in [0.1, 0.15) is 29.6 Å². The topological polar surface area (TPSA) is 93.1 Å². The first kappa shape index (κ1) is 31.0. The quantitative estimate of drug-likeness (QED) is 0.327. The Morgan fingerprint density at radius 2 is 1.66 bits per heavy atom. The maximum absolute atomic E-state index is 15.1. The molecule has 1 saturated heterocycles. The third-order valence-electron chi connectivity index (χ3n) is 7.89. The largest absolute Gasteiger partial charge is 0.497 e. The highest BCUT2D eigenvalue weighted by Gasteiger charge is 2.36. The standard InChI is InChI=1S/C33H37FN4O6/c1-41-24-10-8-23(9-11-24)33(40)37(15-14-36-16-18-44-19-17-36)22-32(39)38-30(26-6-4-5-7-28(26)34)21-29(35-38)27-13-12-25(42-2)20-31(27)43-3/h4-13,20,30H,14-19,21-22H2,1-3H3/t30-/m0/s1. The molecule has 232 valence electrons. The molecule has 0 aliphatic carbocycles. The molecule has 0 spiro atoms. The molecule has 1 atom stereocenters. The third kappa shape index (κ3) is 7.00. The number of amides is 2. The van der Waals surface area contributed by atoms with E-state index in [2.05, 4.69) is 4.90 Å². The average Bonchev–Trinajstić information content (AvgIpc) is 3.52. The molecule has 0 saturated carbocycles. The number of benzene rings is 3. The van der Waals surface area contributed by atoms with Crippen molar-refractivity contribution in [1.82, 2.24) is 14.8 Å². The van der Waals surface area contributed by atoms with E-state index in [1.54, 1.807) is 75.9 Å². The van der Waals surface area contributed by atoms with Gasteiger partial charge in [0.25, 0.3) is 11.8 Å². The fourth-order valence-corrected chi connectivity index (χ4v) is 5.42. The molecule has 11 heteroatoms. The van der Waals surface area contributed by atoms with E-state index in [0.717, 1.165) is 13.1 Å². The number of methoxy groups -OCH3 is 3. The van der Waals surface area contributed by atoms with Crippen molar-refractivity contribution in [3.63, 3.8) is 0 Å². The van der Waals surface area contributed by atoms with Crippen molar-refractivity contribution < 1.29 is 32.9 Å². The molecule has 0 bridgehead atoms. The average molecular weight is 605 g/mol. The summed E-state index contributed by atoms with van der Waals surface area (Å²) in [6, 6.07) is 17.8. The van der Waals surface area contributed by atoms with Gasteiger partial charge in [-0.1, -0.05) is 18.2 Å². The minimum Gasteiger partial charge on any atom is -0.497 e. The number of halogens is 1. The molecule has 0 unspecified atom stereocenters. The highest BCUT2D eigenvalue weighted by atomic mass is 19.1. The summed E-state index contributed by atoms with van der Waals surface area (Å²) >= 11 is 0. The van der Waals surface area contributed by atoms with Crippen LogP contribution >= 0.6 is 0 Å². The van der Waals surface area contributed by atoms with Gasteiger partial charge in [0.2, 0.25) is 0 Å². The molecular weight excluding hydrogens is 567 g/mol. The first-order valence-electron chi connectivity index (χ1n) is 14.5. The Morgan fingerprint density at radius 1 is 0.955 bits per heavy atom. The summed E-state index contributed by atoms with van der Waals surface area (Å²) in [4.78, 5) is 31.5. The van der Waals surface area contributed by atoms with Crippen LogP contribution in [0.15, 0.2) is 71.8 Å². The first-order valence-corrected chi connectivity index (χ1v) is 14.5. The Hall–Kier alpha value is -4.48. The number of carbonyl (C=O) groups is 2. The maximum atomic E-state index is 15.1. The Labute approximate surface area is 256 Å². The molecule has 0 radical (unpaired) electrons. The van der Waals surface area contributed by atoms with Crippen molar-refractivity contribution in [3.8, 4) is 17.2 Å². The monoisotopic (exact) mass is 604 g/mol. The van der Waals surface area contributed by atoms with Crippen LogP contribution in [-0.4, -0.2) is 99.6 Å². The van der Waals surface area contributed by atoms with Crippen molar-refractivity contribution in [1.29, 1.82) is 0 Å². The Morgan fingerprint density at radius 3 is 2.34 bits per heavy atom. The number of carbonyl (C=O) groups excluding carboxylic acids is 2. The fourth-order valence-electron chi connectivity index (χ4n) is 5.42. The first-order chi connectivity index (χ1) is 21.4. The second-order valence-electron chi connectivity index (χ2n) is 10.5. The number of rotatable bonds is 11. The molecule has 5 rings (SSSR count). The minimum absolute atomic E-state index is 0.239. The van der Waals surface area contributed by atoms with Crippen molar-refractivity contribution in [2.75, 3.05) is 67.3 Å². The van der Waals surface area contributed by atoms with E-state index in [1.807, 2.05) is 6.07 Å². The van der Waals surface area contributed by atoms with Crippen LogP contribution in [0.1, 0.15) is 33.9 Å². The molecule has 3 aromatic carbocycles. The van der Waals surface area contributed by atoms with Gasteiger partial charge in [-0.15, -0.1) is 0 Å². The molecular formula is C33H37FN4O6. The number of hydrazone groups is 1. The second kappa shape index (κ2) is 14.3. The van der Waals surface area contributed by atoms with E-state index >= 15 is 4.39 Å². The lowest BCUT2D eigenvalue weighted by molar-refractivity contribution is -0.133. The van der Waals surface area contributed by atoms with Crippen LogP contribution in [0, 0.1) is 5.82 Å². The Bertz CT molecular complexity index is 1490. The molecule has 2 heterocycles. The smallest absolute Gasteiger partial charge is 0.262 e. The van der Waals surface area contributed by atoms with E-state index in [0.29, 0.717) is 66.0 Å². The van der Waals surface area contributed by atoms with E-state index in [-0.39, 0.29) is 18.9 Å². The zero-order valence-corrected chi connectivity index (χ0v) is 25.2. The normalized spacial score (nSPS) is 16.8. The predicted molar refractivity (Wildman–Crippen MR) is 163 cm³/mol. The lowest BCUT2D eigenvalue weighted by Crippen LogP contribution is -2.46. The van der Waals surface area contributed by atoms with Gasteiger partial charge in [-0.3, -0.25) is 14.5 Å². The van der Waals surface area contributed by atoms with E-state index in [4.69, 9.17) is 24.0 Å². The van der Waals surface area contributed by atoms with Gasteiger partial charge in [0.15, 0.2) is 0 Å². The molecule has 1 fully saturated rings.